The predicted molar refractivity (Wildman–Crippen MR) is 102 cm³/mol. The standard InChI is InChI=1S/C19H22Cl2N4O/c1-23(18-9-15-2-3-17(18)25(15)11-22)19(26)12-4-5-24(10-12)16-7-13(20)6-14(21)8-16/h6-8,12,15,17-18H,2-5,9-10H2,1H3/t12-,15-,17+,18+/m0/s1. The van der Waals surface area contributed by atoms with Gasteiger partial charge in [-0.3, -0.25) is 4.79 Å². The molecule has 4 atom stereocenters. The molecule has 0 radical (unpaired) electrons. The number of hydrogen-bond donors (Lipinski definition) is 0. The maximum absolute atomic E-state index is 13.1. The van der Waals surface area contributed by atoms with E-state index < -0.39 is 0 Å². The molecule has 1 aromatic rings. The number of rotatable bonds is 3. The molecule has 2 bridgehead atoms. The topological polar surface area (TPSA) is 50.6 Å². The van der Waals surface area contributed by atoms with E-state index in [-0.39, 0.29) is 23.9 Å². The van der Waals surface area contributed by atoms with Crippen LogP contribution in [0.25, 0.3) is 0 Å². The van der Waals surface area contributed by atoms with Crippen LogP contribution in [0.15, 0.2) is 18.2 Å². The van der Waals surface area contributed by atoms with Crippen LogP contribution in [-0.4, -0.2) is 54.0 Å². The summed E-state index contributed by atoms with van der Waals surface area (Å²) in [6.45, 7) is 1.50. The maximum Gasteiger partial charge on any atom is 0.227 e. The van der Waals surface area contributed by atoms with Gasteiger partial charge in [0.15, 0.2) is 6.19 Å². The fourth-order valence-corrected chi connectivity index (χ4v) is 5.41. The normalized spacial score (nSPS) is 29.9. The van der Waals surface area contributed by atoms with Gasteiger partial charge < -0.3 is 14.7 Å². The largest absolute Gasteiger partial charge is 0.371 e. The summed E-state index contributed by atoms with van der Waals surface area (Å²) >= 11 is 12.2. The molecule has 0 spiro atoms. The second-order valence-electron chi connectivity index (χ2n) is 7.62. The van der Waals surface area contributed by atoms with E-state index in [1.807, 2.05) is 29.0 Å². The molecule has 0 N–H and O–H groups in total. The van der Waals surface area contributed by atoms with E-state index in [2.05, 4.69) is 11.1 Å². The van der Waals surface area contributed by atoms with Crippen molar-refractivity contribution in [2.45, 2.75) is 43.8 Å². The van der Waals surface area contributed by atoms with E-state index in [1.54, 1.807) is 6.07 Å². The number of likely N-dealkylation sites (N-methyl/N-ethyl adjacent to an activating group) is 1. The van der Waals surface area contributed by atoms with Crippen molar-refractivity contribution in [3.8, 4) is 6.19 Å². The Morgan fingerprint density at radius 2 is 1.96 bits per heavy atom. The van der Waals surface area contributed by atoms with Crippen LogP contribution in [0.1, 0.15) is 25.7 Å². The Hall–Kier alpha value is -1.64. The average Bonchev–Trinajstić information content (AvgIpc) is 3.33. The number of nitriles is 1. The van der Waals surface area contributed by atoms with Crippen molar-refractivity contribution in [2.24, 2.45) is 5.92 Å². The Morgan fingerprint density at radius 3 is 2.62 bits per heavy atom. The van der Waals surface area contributed by atoms with E-state index in [1.165, 1.54) is 0 Å². The molecule has 4 rings (SSSR count). The molecule has 7 heteroatoms. The molecule has 0 unspecified atom stereocenters. The first-order valence-corrected chi connectivity index (χ1v) is 9.89. The number of nitrogens with zero attached hydrogens (tertiary/aromatic N) is 4. The Balaban J connectivity index is 1.42. The third kappa shape index (κ3) is 3.00. The van der Waals surface area contributed by atoms with Gasteiger partial charge in [-0.05, 0) is 43.9 Å². The van der Waals surface area contributed by atoms with Crippen LogP contribution in [0.4, 0.5) is 5.69 Å². The number of hydrogen-bond acceptors (Lipinski definition) is 4. The average molecular weight is 393 g/mol. The van der Waals surface area contributed by atoms with Crippen molar-refractivity contribution in [3.63, 3.8) is 0 Å². The van der Waals surface area contributed by atoms with E-state index in [0.717, 1.165) is 37.9 Å². The van der Waals surface area contributed by atoms with Crippen molar-refractivity contribution in [2.75, 3.05) is 25.0 Å². The summed E-state index contributed by atoms with van der Waals surface area (Å²) in [6, 6.07) is 6.18. The molecule has 0 saturated carbocycles. The summed E-state index contributed by atoms with van der Waals surface area (Å²) in [5.41, 5.74) is 0.969. The van der Waals surface area contributed by atoms with Crippen molar-refractivity contribution < 1.29 is 4.79 Å². The van der Waals surface area contributed by atoms with Gasteiger partial charge in [-0.25, -0.2) is 0 Å². The second-order valence-corrected chi connectivity index (χ2v) is 8.49. The lowest BCUT2D eigenvalue weighted by atomic mass is 9.93. The Labute approximate surface area is 164 Å². The number of fused-ring (bicyclic) bond motifs is 2. The summed E-state index contributed by atoms with van der Waals surface area (Å²) < 4.78 is 0. The molecule has 26 heavy (non-hydrogen) atoms. The molecule has 5 nitrogen and oxygen atoms in total. The summed E-state index contributed by atoms with van der Waals surface area (Å²) in [5, 5.41) is 10.6. The van der Waals surface area contributed by atoms with Gasteiger partial charge in [-0.15, -0.1) is 0 Å². The number of carbonyl (C=O) groups is 1. The van der Waals surface area contributed by atoms with Crippen LogP contribution in [0.2, 0.25) is 10.0 Å². The van der Waals surface area contributed by atoms with Crippen LogP contribution >= 0.6 is 23.2 Å². The van der Waals surface area contributed by atoms with Gasteiger partial charge in [0.1, 0.15) is 0 Å². The maximum atomic E-state index is 13.1. The van der Waals surface area contributed by atoms with E-state index in [4.69, 9.17) is 23.2 Å². The van der Waals surface area contributed by atoms with Crippen molar-refractivity contribution in [1.29, 1.82) is 5.26 Å². The highest BCUT2D eigenvalue weighted by Crippen LogP contribution is 2.40. The van der Waals surface area contributed by atoms with E-state index >= 15 is 0 Å². The van der Waals surface area contributed by atoms with Gasteiger partial charge in [-0.2, -0.15) is 5.26 Å². The Bertz CT molecular complexity index is 744. The summed E-state index contributed by atoms with van der Waals surface area (Å²) in [4.78, 5) is 19.1. The molecule has 3 aliphatic rings. The van der Waals surface area contributed by atoms with Gasteiger partial charge in [0.25, 0.3) is 0 Å². The summed E-state index contributed by atoms with van der Waals surface area (Å²) in [5.74, 6) is 0.170. The van der Waals surface area contributed by atoms with Gasteiger partial charge in [0, 0.05) is 41.9 Å². The lowest BCUT2D eigenvalue weighted by molar-refractivity contribution is -0.136. The number of halogens is 2. The fraction of sp³-hybridized carbons (Fsp3) is 0.579. The third-order valence-electron chi connectivity index (χ3n) is 6.21. The van der Waals surface area contributed by atoms with E-state index in [0.29, 0.717) is 22.6 Å². The van der Waals surface area contributed by atoms with Gasteiger partial charge in [-0.1, -0.05) is 23.2 Å². The molecule has 0 aromatic heterocycles. The smallest absolute Gasteiger partial charge is 0.227 e. The number of anilines is 1. The molecule has 3 aliphatic heterocycles. The van der Waals surface area contributed by atoms with E-state index in [9.17, 15) is 10.1 Å². The first-order valence-electron chi connectivity index (χ1n) is 9.13. The summed E-state index contributed by atoms with van der Waals surface area (Å²) in [6.07, 6.45) is 6.15. The Morgan fingerprint density at radius 1 is 1.23 bits per heavy atom. The monoisotopic (exact) mass is 392 g/mol. The SMILES string of the molecule is CN(C(=O)[C@H]1CCN(c2cc(Cl)cc(Cl)c2)C1)[C@@H]1C[C@@H]2CC[C@H]1N2C#N. The molecular formula is C19H22Cl2N4O. The first kappa shape index (κ1) is 17.8. The molecule has 3 fully saturated rings. The zero-order valence-electron chi connectivity index (χ0n) is 14.7. The number of benzene rings is 1. The summed E-state index contributed by atoms with van der Waals surface area (Å²) in [7, 11) is 1.90. The minimum Gasteiger partial charge on any atom is -0.371 e. The molecule has 1 aromatic carbocycles. The molecule has 3 saturated heterocycles. The number of amides is 1. The minimum absolute atomic E-state index is 0.0209. The van der Waals surface area contributed by atoms with Gasteiger partial charge in [0.2, 0.25) is 5.91 Å². The third-order valence-corrected chi connectivity index (χ3v) is 6.65. The van der Waals surface area contributed by atoms with Crippen LogP contribution in [0.3, 0.4) is 0 Å². The second kappa shape index (κ2) is 6.83. The van der Waals surface area contributed by atoms with Crippen molar-refractivity contribution in [3.05, 3.63) is 28.2 Å². The van der Waals surface area contributed by atoms with Crippen LogP contribution < -0.4 is 4.90 Å². The molecule has 138 valence electrons. The Kier molecular flexibility index (Phi) is 4.66. The lowest BCUT2D eigenvalue weighted by Gasteiger charge is -2.32. The zero-order valence-corrected chi connectivity index (χ0v) is 16.2. The number of carbonyl (C=O) groups excluding carboxylic acids is 1. The molecule has 0 aliphatic carbocycles. The van der Waals surface area contributed by atoms with Gasteiger partial charge in [0.05, 0.1) is 18.0 Å². The van der Waals surface area contributed by atoms with Crippen LogP contribution in [-0.2, 0) is 4.79 Å². The lowest BCUT2D eigenvalue weighted by Crippen LogP contribution is -2.47. The predicted octanol–water partition coefficient (Wildman–Crippen LogP) is 3.36. The molecule has 1 amide bonds. The van der Waals surface area contributed by atoms with Gasteiger partial charge >= 0.3 is 0 Å². The molecular weight excluding hydrogens is 371 g/mol. The highest BCUT2D eigenvalue weighted by atomic mass is 35.5. The van der Waals surface area contributed by atoms with Crippen LogP contribution in [0, 0.1) is 17.4 Å². The van der Waals surface area contributed by atoms with Crippen molar-refractivity contribution >= 4 is 34.8 Å². The van der Waals surface area contributed by atoms with Crippen LogP contribution in [0.5, 0.6) is 0 Å². The zero-order chi connectivity index (χ0) is 18.4. The minimum atomic E-state index is -0.0209. The molecule has 3 heterocycles. The first-order chi connectivity index (χ1) is 12.5. The fourth-order valence-electron chi connectivity index (χ4n) is 4.90. The van der Waals surface area contributed by atoms with Crippen molar-refractivity contribution in [1.82, 2.24) is 9.80 Å². The highest BCUT2D eigenvalue weighted by Gasteiger charge is 2.49. The highest BCUT2D eigenvalue weighted by molar-refractivity contribution is 6.35. The quantitative estimate of drug-likeness (QED) is 0.739.